The lowest BCUT2D eigenvalue weighted by Crippen LogP contribution is -2.21. The highest BCUT2D eigenvalue weighted by molar-refractivity contribution is 5.99. The first-order chi connectivity index (χ1) is 14.4. The van der Waals surface area contributed by atoms with Crippen LogP contribution >= 0.6 is 0 Å². The van der Waals surface area contributed by atoms with Crippen LogP contribution in [0, 0.1) is 0 Å². The van der Waals surface area contributed by atoms with Gasteiger partial charge < -0.3 is 15.0 Å². The van der Waals surface area contributed by atoms with Gasteiger partial charge >= 0.3 is 5.97 Å². The van der Waals surface area contributed by atoms with E-state index in [2.05, 4.69) is 24.1 Å². The number of carbonyl (C=O) groups is 3. The average molecular weight is 411 g/mol. The highest BCUT2D eigenvalue weighted by atomic mass is 16.5. The number of anilines is 1. The number of carbonyl (C=O) groups excluding carboxylic acids is 3. The molecule has 0 radical (unpaired) electrons. The Bertz CT molecular complexity index is 841. The predicted octanol–water partition coefficient (Wildman–Crippen LogP) is 3.64. The molecule has 2 aromatic carbocycles. The molecule has 1 N–H and O–H groups in total. The molecular formula is C24H30N2O4. The molecule has 2 aromatic rings. The highest BCUT2D eigenvalue weighted by Gasteiger charge is 2.12. The maximum absolute atomic E-state index is 12.3. The van der Waals surface area contributed by atoms with Crippen molar-refractivity contribution >= 4 is 23.3 Å². The summed E-state index contributed by atoms with van der Waals surface area (Å²) >= 11 is 0. The van der Waals surface area contributed by atoms with Gasteiger partial charge in [0.1, 0.15) is 0 Å². The first kappa shape index (κ1) is 23.1. The van der Waals surface area contributed by atoms with Crippen LogP contribution in [-0.4, -0.2) is 43.9 Å². The molecule has 0 aliphatic carbocycles. The predicted molar refractivity (Wildman–Crippen MR) is 118 cm³/mol. The van der Waals surface area contributed by atoms with Crippen LogP contribution in [-0.2, 0) is 16.0 Å². The van der Waals surface area contributed by atoms with Crippen molar-refractivity contribution in [3.63, 3.8) is 0 Å². The number of rotatable bonds is 11. The Morgan fingerprint density at radius 1 is 0.900 bits per heavy atom. The molecule has 0 aliphatic heterocycles. The Morgan fingerprint density at radius 3 is 2.07 bits per heavy atom. The number of nitrogens with one attached hydrogen (secondary N) is 1. The molecule has 6 heteroatoms. The third kappa shape index (κ3) is 7.03. The minimum absolute atomic E-state index is 0.0367. The van der Waals surface area contributed by atoms with E-state index in [4.69, 9.17) is 4.74 Å². The van der Waals surface area contributed by atoms with Crippen LogP contribution in [0.15, 0.2) is 48.5 Å². The fourth-order valence-corrected chi connectivity index (χ4v) is 3.11. The Hall–Kier alpha value is -3.15. The summed E-state index contributed by atoms with van der Waals surface area (Å²) in [5, 5.41) is 2.76. The molecule has 0 aromatic heterocycles. The van der Waals surface area contributed by atoms with Crippen LogP contribution in [0.4, 0.5) is 5.69 Å². The Balaban J connectivity index is 1.83. The van der Waals surface area contributed by atoms with E-state index < -0.39 is 5.97 Å². The molecule has 0 fully saturated rings. The van der Waals surface area contributed by atoms with E-state index >= 15 is 0 Å². The zero-order valence-electron chi connectivity index (χ0n) is 17.9. The fourth-order valence-electron chi connectivity index (χ4n) is 3.11. The summed E-state index contributed by atoms with van der Waals surface area (Å²) in [4.78, 5) is 37.6. The van der Waals surface area contributed by atoms with E-state index in [1.54, 1.807) is 24.3 Å². The lowest BCUT2D eigenvalue weighted by Gasteiger charge is -2.20. The van der Waals surface area contributed by atoms with Gasteiger partial charge in [-0.2, -0.15) is 0 Å². The van der Waals surface area contributed by atoms with Gasteiger partial charge in [-0.1, -0.05) is 24.3 Å². The topological polar surface area (TPSA) is 75.7 Å². The molecule has 160 valence electrons. The number of ketones is 1. The monoisotopic (exact) mass is 410 g/mol. The van der Waals surface area contributed by atoms with E-state index in [-0.39, 0.29) is 18.3 Å². The van der Waals surface area contributed by atoms with Gasteiger partial charge in [-0.25, -0.2) is 4.79 Å². The SMILES string of the molecule is CCN(CC)c1ccc(C(=O)OCC(=O)c2ccc(CCCNC(C)=O)cc2)cc1. The number of amides is 1. The van der Waals surface area contributed by atoms with Gasteiger partial charge in [0.25, 0.3) is 0 Å². The third-order valence-electron chi connectivity index (χ3n) is 4.86. The molecule has 0 saturated heterocycles. The van der Waals surface area contributed by atoms with Crippen molar-refractivity contribution in [1.29, 1.82) is 0 Å². The van der Waals surface area contributed by atoms with Crippen LogP contribution in [0.2, 0.25) is 0 Å². The molecule has 0 atom stereocenters. The molecular weight excluding hydrogens is 380 g/mol. The third-order valence-corrected chi connectivity index (χ3v) is 4.86. The molecule has 0 unspecified atom stereocenters. The summed E-state index contributed by atoms with van der Waals surface area (Å²) in [6.45, 7) is 7.77. The quantitative estimate of drug-likeness (QED) is 0.348. The maximum Gasteiger partial charge on any atom is 0.338 e. The van der Waals surface area contributed by atoms with E-state index in [1.165, 1.54) is 6.92 Å². The second kappa shape index (κ2) is 11.8. The molecule has 0 aliphatic rings. The fraction of sp³-hybridized carbons (Fsp3) is 0.375. The molecule has 1 amide bonds. The second-order valence-electron chi connectivity index (χ2n) is 7.00. The molecule has 0 heterocycles. The van der Waals surface area contributed by atoms with Gasteiger partial charge in [-0.05, 0) is 56.5 Å². The largest absolute Gasteiger partial charge is 0.454 e. The van der Waals surface area contributed by atoms with Crippen molar-refractivity contribution in [2.75, 3.05) is 31.1 Å². The number of hydrogen-bond acceptors (Lipinski definition) is 5. The summed E-state index contributed by atoms with van der Waals surface area (Å²) < 4.78 is 5.19. The lowest BCUT2D eigenvalue weighted by atomic mass is 10.1. The van der Waals surface area contributed by atoms with Crippen molar-refractivity contribution in [2.24, 2.45) is 0 Å². The number of ether oxygens (including phenoxy) is 1. The van der Waals surface area contributed by atoms with Crippen LogP contribution < -0.4 is 10.2 Å². The molecule has 0 bridgehead atoms. The zero-order chi connectivity index (χ0) is 21.9. The second-order valence-corrected chi connectivity index (χ2v) is 7.00. The molecule has 2 rings (SSSR count). The van der Waals surface area contributed by atoms with Crippen molar-refractivity contribution < 1.29 is 19.1 Å². The maximum atomic E-state index is 12.3. The normalized spacial score (nSPS) is 10.4. The number of esters is 1. The number of Topliss-reactive ketones (excluding diaryl/α,β-unsaturated/α-hetero) is 1. The highest BCUT2D eigenvalue weighted by Crippen LogP contribution is 2.16. The van der Waals surface area contributed by atoms with Crippen LogP contribution in [0.25, 0.3) is 0 Å². The number of benzene rings is 2. The van der Waals surface area contributed by atoms with Crippen molar-refractivity contribution in [1.82, 2.24) is 5.32 Å². The van der Waals surface area contributed by atoms with Gasteiger partial charge in [0.05, 0.1) is 5.56 Å². The van der Waals surface area contributed by atoms with Gasteiger partial charge in [-0.15, -0.1) is 0 Å². The smallest absolute Gasteiger partial charge is 0.338 e. The lowest BCUT2D eigenvalue weighted by molar-refractivity contribution is -0.118. The van der Waals surface area contributed by atoms with Crippen molar-refractivity contribution in [3.8, 4) is 0 Å². The minimum atomic E-state index is -0.510. The summed E-state index contributed by atoms with van der Waals surface area (Å²) in [5.41, 5.74) is 3.06. The first-order valence-corrected chi connectivity index (χ1v) is 10.3. The van der Waals surface area contributed by atoms with Crippen LogP contribution in [0.3, 0.4) is 0 Å². The number of nitrogens with zero attached hydrogens (tertiary/aromatic N) is 1. The summed E-state index contributed by atoms with van der Waals surface area (Å²) in [6, 6.07) is 14.5. The van der Waals surface area contributed by atoms with Crippen molar-refractivity contribution in [2.45, 2.75) is 33.6 Å². The van der Waals surface area contributed by atoms with Crippen LogP contribution in [0.1, 0.15) is 53.5 Å². The molecule has 0 saturated carbocycles. The van der Waals surface area contributed by atoms with E-state index in [1.807, 2.05) is 24.3 Å². The van der Waals surface area contributed by atoms with Gasteiger partial charge in [-0.3, -0.25) is 9.59 Å². The van der Waals surface area contributed by atoms with E-state index in [0.29, 0.717) is 17.7 Å². The van der Waals surface area contributed by atoms with Crippen LogP contribution in [0.5, 0.6) is 0 Å². The standard InChI is InChI=1S/C24H30N2O4/c1-4-26(5-2)22-14-12-21(13-15-22)24(29)30-17-23(28)20-10-8-19(9-11-20)7-6-16-25-18(3)27/h8-15H,4-7,16-17H2,1-3H3,(H,25,27). The zero-order valence-corrected chi connectivity index (χ0v) is 17.9. The Labute approximate surface area is 178 Å². The van der Waals surface area contributed by atoms with Gasteiger partial charge in [0.15, 0.2) is 12.4 Å². The number of aryl methyl sites for hydroxylation is 1. The first-order valence-electron chi connectivity index (χ1n) is 10.3. The van der Waals surface area contributed by atoms with Gasteiger partial charge in [0, 0.05) is 37.8 Å². The van der Waals surface area contributed by atoms with E-state index in [0.717, 1.165) is 37.2 Å². The summed E-state index contributed by atoms with van der Waals surface area (Å²) in [5.74, 6) is -0.790. The van der Waals surface area contributed by atoms with Gasteiger partial charge in [0.2, 0.25) is 5.91 Å². The van der Waals surface area contributed by atoms with Crippen molar-refractivity contribution in [3.05, 3.63) is 65.2 Å². The Morgan fingerprint density at radius 2 is 1.50 bits per heavy atom. The van der Waals surface area contributed by atoms with E-state index in [9.17, 15) is 14.4 Å². The molecule has 30 heavy (non-hydrogen) atoms. The molecule has 0 spiro atoms. The minimum Gasteiger partial charge on any atom is -0.454 e. The number of hydrogen-bond donors (Lipinski definition) is 1. The molecule has 6 nitrogen and oxygen atoms in total. The summed E-state index contributed by atoms with van der Waals surface area (Å²) in [7, 11) is 0. The summed E-state index contributed by atoms with van der Waals surface area (Å²) in [6.07, 6.45) is 1.64. The average Bonchev–Trinajstić information content (AvgIpc) is 2.76. The Kier molecular flexibility index (Phi) is 9.06.